The Kier molecular flexibility index (Phi) is 3.53. The predicted octanol–water partition coefficient (Wildman–Crippen LogP) is 0.538. The van der Waals surface area contributed by atoms with Gasteiger partial charge >= 0.3 is 5.97 Å². The molecule has 1 fully saturated rings. The van der Waals surface area contributed by atoms with Crippen LogP contribution < -0.4 is 5.32 Å². The lowest BCUT2D eigenvalue weighted by atomic mass is 10.1. The van der Waals surface area contributed by atoms with E-state index < -0.39 is 5.97 Å². The Morgan fingerprint density at radius 2 is 2.53 bits per heavy atom. The lowest BCUT2D eigenvalue weighted by molar-refractivity contribution is 0.0697. The Balaban J connectivity index is 1.97. The Morgan fingerprint density at radius 1 is 1.71 bits per heavy atom. The van der Waals surface area contributed by atoms with Gasteiger partial charge < -0.3 is 15.3 Å². The largest absolute Gasteiger partial charge is 0.478 e. The van der Waals surface area contributed by atoms with Crippen LogP contribution in [-0.2, 0) is 0 Å². The third kappa shape index (κ3) is 2.91. The fourth-order valence-corrected chi connectivity index (χ4v) is 2.07. The van der Waals surface area contributed by atoms with Crippen LogP contribution in [-0.4, -0.2) is 52.9 Å². The van der Waals surface area contributed by atoms with Crippen LogP contribution in [0.4, 0.5) is 5.82 Å². The van der Waals surface area contributed by atoms with E-state index in [1.807, 2.05) is 0 Å². The first-order chi connectivity index (χ1) is 8.16. The van der Waals surface area contributed by atoms with Gasteiger partial charge in [-0.1, -0.05) is 0 Å². The number of carboxylic acids is 1. The van der Waals surface area contributed by atoms with Crippen LogP contribution in [0.15, 0.2) is 12.3 Å². The minimum Gasteiger partial charge on any atom is -0.478 e. The van der Waals surface area contributed by atoms with E-state index in [0.717, 1.165) is 26.1 Å². The summed E-state index contributed by atoms with van der Waals surface area (Å²) in [5.74, 6) is -0.0795. The number of aromatic carboxylic acids is 1. The summed E-state index contributed by atoms with van der Waals surface area (Å²) in [6.07, 6.45) is 2.52. The van der Waals surface area contributed by atoms with Crippen molar-refractivity contribution < 1.29 is 9.90 Å². The van der Waals surface area contributed by atoms with E-state index in [0.29, 0.717) is 11.7 Å². The van der Waals surface area contributed by atoms with Gasteiger partial charge in [-0.25, -0.2) is 4.79 Å². The minimum absolute atomic E-state index is 0.173. The summed E-state index contributed by atoms with van der Waals surface area (Å²) in [4.78, 5) is 13.2. The highest BCUT2D eigenvalue weighted by molar-refractivity contribution is 5.92. The van der Waals surface area contributed by atoms with Crippen molar-refractivity contribution in [1.82, 2.24) is 15.1 Å². The number of likely N-dealkylation sites (tertiary alicyclic amines) is 1. The maximum absolute atomic E-state index is 11.0. The molecule has 0 bridgehead atoms. The van der Waals surface area contributed by atoms with Gasteiger partial charge in [0.1, 0.15) is 5.56 Å². The third-order valence-corrected chi connectivity index (χ3v) is 3.00. The van der Waals surface area contributed by atoms with E-state index in [-0.39, 0.29) is 5.56 Å². The highest BCUT2D eigenvalue weighted by atomic mass is 16.4. The van der Waals surface area contributed by atoms with Gasteiger partial charge in [0, 0.05) is 13.1 Å². The second kappa shape index (κ2) is 5.09. The number of rotatable bonds is 4. The highest BCUT2D eigenvalue weighted by Crippen LogP contribution is 2.16. The van der Waals surface area contributed by atoms with E-state index in [1.165, 1.54) is 12.3 Å². The minimum atomic E-state index is -0.981. The van der Waals surface area contributed by atoms with Crippen LogP contribution in [0.5, 0.6) is 0 Å². The van der Waals surface area contributed by atoms with Crippen LogP contribution in [0.2, 0.25) is 0 Å². The molecule has 0 radical (unpaired) electrons. The number of carboxylic acid groups (broad SMARTS) is 1. The Hall–Kier alpha value is -1.69. The topological polar surface area (TPSA) is 78.3 Å². The maximum Gasteiger partial charge on any atom is 0.339 e. The normalized spacial score (nSPS) is 20.4. The summed E-state index contributed by atoms with van der Waals surface area (Å²) < 4.78 is 0. The smallest absolute Gasteiger partial charge is 0.339 e. The average molecular weight is 236 g/mol. The Labute approximate surface area is 99.7 Å². The second-order valence-electron chi connectivity index (χ2n) is 4.40. The van der Waals surface area contributed by atoms with Crippen LogP contribution >= 0.6 is 0 Å². The molecule has 1 aliphatic heterocycles. The summed E-state index contributed by atoms with van der Waals surface area (Å²) in [5, 5.41) is 19.6. The van der Waals surface area contributed by atoms with Crippen molar-refractivity contribution in [1.29, 1.82) is 0 Å². The predicted molar refractivity (Wildman–Crippen MR) is 63.1 cm³/mol. The molecular weight excluding hydrogens is 220 g/mol. The first-order valence-electron chi connectivity index (χ1n) is 5.64. The third-order valence-electron chi connectivity index (χ3n) is 3.00. The number of nitrogens with one attached hydrogen (secondary N) is 1. The molecule has 1 aromatic rings. The molecule has 2 N–H and O–H groups in total. The first kappa shape index (κ1) is 11.8. The molecule has 2 heterocycles. The van der Waals surface area contributed by atoms with Gasteiger partial charge in [0.15, 0.2) is 5.82 Å². The van der Waals surface area contributed by atoms with Crippen molar-refractivity contribution in [2.45, 2.75) is 6.42 Å². The van der Waals surface area contributed by atoms with E-state index in [1.54, 1.807) is 0 Å². The molecule has 0 saturated carbocycles. The number of hydrogen-bond donors (Lipinski definition) is 2. The van der Waals surface area contributed by atoms with Gasteiger partial charge in [0.2, 0.25) is 0 Å². The van der Waals surface area contributed by atoms with E-state index >= 15 is 0 Å². The van der Waals surface area contributed by atoms with Gasteiger partial charge in [0.05, 0.1) is 6.20 Å². The molecule has 6 heteroatoms. The standard InChI is InChI=1S/C11H16N4O2/c1-15-5-3-8(7-15)6-12-10-9(11(16)17)2-4-13-14-10/h2,4,8H,3,5-7H2,1H3,(H,12,14)(H,16,17). The molecule has 1 aromatic heterocycles. The molecule has 1 aliphatic rings. The highest BCUT2D eigenvalue weighted by Gasteiger charge is 2.20. The zero-order chi connectivity index (χ0) is 12.3. The summed E-state index contributed by atoms with van der Waals surface area (Å²) in [6.45, 7) is 2.87. The van der Waals surface area contributed by atoms with E-state index in [9.17, 15) is 4.79 Å². The Bertz CT molecular complexity index is 410. The average Bonchev–Trinajstić information content (AvgIpc) is 2.73. The zero-order valence-corrected chi connectivity index (χ0v) is 9.76. The van der Waals surface area contributed by atoms with E-state index in [2.05, 4.69) is 27.5 Å². The number of carbonyl (C=O) groups is 1. The van der Waals surface area contributed by atoms with E-state index in [4.69, 9.17) is 5.11 Å². The maximum atomic E-state index is 11.0. The van der Waals surface area contributed by atoms with Crippen molar-refractivity contribution in [3.05, 3.63) is 17.8 Å². The van der Waals surface area contributed by atoms with Crippen LogP contribution in [0.3, 0.4) is 0 Å². The van der Waals surface area contributed by atoms with Gasteiger partial charge in [-0.15, -0.1) is 5.10 Å². The van der Waals surface area contributed by atoms with Crippen LogP contribution in [0, 0.1) is 5.92 Å². The lowest BCUT2D eigenvalue weighted by Crippen LogP contribution is -2.20. The van der Waals surface area contributed by atoms with Gasteiger partial charge in [-0.2, -0.15) is 5.10 Å². The molecular formula is C11H16N4O2. The van der Waals surface area contributed by atoms with Crippen molar-refractivity contribution >= 4 is 11.8 Å². The molecule has 17 heavy (non-hydrogen) atoms. The summed E-state index contributed by atoms with van der Waals surface area (Å²) in [5.41, 5.74) is 0.173. The molecule has 1 saturated heterocycles. The number of aromatic nitrogens is 2. The molecule has 1 atom stereocenters. The van der Waals surface area contributed by atoms with Gasteiger partial charge in [-0.3, -0.25) is 0 Å². The summed E-state index contributed by atoms with van der Waals surface area (Å²) >= 11 is 0. The van der Waals surface area contributed by atoms with Crippen LogP contribution in [0.1, 0.15) is 16.8 Å². The fraction of sp³-hybridized carbons (Fsp3) is 0.545. The number of hydrogen-bond acceptors (Lipinski definition) is 5. The van der Waals surface area contributed by atoms with Crippen molar-refractivity contribution in [3.63, 3.8) is 0 Å². The van der Waals surface area contributed by atoms with Crippen LogP contribution in [0.25, 0.3) is 0 Å². The quantitative estimate of drug-likeness (QED) is 0.794. The molecule has 0 amide bonds. The molecule has 1 unspecified atom stereocenters. The van der Waals surface area contributed by atoms with Gasteiger partial charge in [0.25, 0.3) is 0 Å². The SMILES string of the molecule is CN1CCC(CNc2nnccc2C(=O)O)C1. The molecule has 6 nitrogen and oxygen atoms in total. The Morgan fingerprint density at radius 3 is 3.18 bits per heavy atom. The molecule has 0 spiro atoms. The first-order valence-corrected chi connectivity index (χ1v) is 5.64. The van der Waals surface area contributed by atoms with Crippen molar-refractivity contribution in [2.24, 2.45) is 5.92 Å². The molecule has 0 aliphatic carbocycles. The number of anilines is 1. The zero-order valence-electron chi connectivity index (χ0n) is 9.76. The van der Waals surface area contributed by atoms with Crippen molar-refractivity contribution in [3.8, 4) is 0 Å². The summed E-state index contributed by atoms with van der Waals surface area (Å²) in [6, 6.07) is 1.46. The van der Waals surface area contributed by atoms with Crippen molar-refractivity contribution in [2.75, 3.05) is 32.0 Å². The molecule has 2 rings (SSSR count). The van der Waals surface area contributed by atoms with Gasteiger partial charge in [-0.05, 0) is 32.0 Å². The second-order valence-corrected chi connectivity index (χ2v) is 4.40. The lowest BCUT2D eigenvalue weighted by Gasteiger charge is -2.12. The monoisotopic (exact) mass is 236 g/mol. The molecule has 0 aromatic carbocycles. The number of nitrogens with zero attached hydrogens (tertiary/aromatic N) is 3. The summed E-state index contributed by atoms with van der Waals surface area (Å²) in [7, 11) is 2.09. The fourth-order valence-electron chi connectivity index (χ4n) is 2.07. The molecule has 92 valence electrons.